The molecule has 5 rings (SSSR count). The Kier molecular flexibility index (Phi) is 5.37. The Balaban J connectivity index is 1.41. The van der Waals surface area contributed by atoms with Gasteiger partial charge in [-0.2, -0.15) is 0 Å². The highest BCUT2D eigenvalue weighted by molar-refractivity contribution is 7.98. The average Bonchev–Trinajstić information content (AvgIpc) is 3.52. The van der Waals surface area contributed by atoms with Gasteiger partial charge >= 0.3 is 0 Å². The maximum atomic E-state index is 5.88. The fourth-order valence-electron chi connectivity index (χ4n) is 3.59. The summed E-state index contributed by atoms with van der Waals surface area (Å²) in [6.07, 6.45) is 8.05. The van der Waals surface area contributed by atoms with Gasteiger partial charge in [-0.1, -0.05) is 11.8 Å². The van der Waals surface area contributed by atoms with E-state index in [-0.39, 0.29) is 6.10 Å². The fourth-order valence-corrected chi connectivity index (χ4v) is 4.42. The number of aromatic nitrogens is 6. The van der Waals surface area contributed by atoms with Crippen LogP contribution in [0.5, 0.6) is 5.75 Å². The zero-order valence-electron chi connectivity index (χ0n) is 16.6. The van der Waals surface area contributed by atoms with E-state index in [0.29, 0.717) is 11.5 Å². The van der Waals surface area contributed by atoms with Gasteiger partial charge in [0.25, 0.3) is 0 Å². The molecule has 4 aromatic rings. The van der Waals surface area contributed by atoms with E-state index in [1.807, 2.05) is 47.1 Å². The lowest BCUT2D eigenvalue weighted by Gasteiger charge is -2.14. The van der Waals surface area contributed by atoms with Crippen molar-refractivity contribution in [1.82, 2.24) is 29.1 Å². The molecule has 1 aliphatic rings. The van der Waals surface area contributed by atoms with Crippen molar-refractivity contribution >= 4 is 17.5 Å². The first-order valence-corrected chi connectivity index (χ1v) is 10.9. The number of benzene rings is 1. The molecule has 4 heterocycles. The van der Waals surface area contributed by atoms with Crippen LogP contribution in [0, 0.1) is 0 Å². The quantitative estimate of drug-likeness (QED) is 0.422. The van der Waals surface area contributed by atoms with Crippen molar-refractivity contribution in [1.29, 1.82) is 0 Å². The number of hydrogen-bond acceptors (Lipinski definition) is 7. The van der Waals surface area contributed by atoms with Crippen molar-refractivity contribution in [3.63, 3.8) is 0 Å². The van der Waals surface area contributed by atoms with Gasteiger partial charge in [-0.25, -0.2) is 9.97 Å². The SMILES string of the molecule is COc1ccc(-c2nnc(SCc3cn4cccnc4n3)n2CC2CCCO2)cc1. The van der Waals surface area contributed by atoms with Gasteiger partial charge in [0.2, 0.25) is 5.78 Å². The molecule has 0 saturated carbocycles. The van der Waals surface area contributed by atoms with Crippen molar-refractivity contribution in [2.24, 2.45) is 0 Å². The zero-order valence-corrected chi connectivity index (χ0v) is 17.5. The molecule has 0 aliphatic carbocycles. The van der Waals surface area contributed by atoms with Crippen LogP contribution in [0.15, 0.2) is 54.1 Å². The average molecular weight is 423 g/mol. The molecule has 3 aromatic heterocycles. The van der Waals surface area contributed by atoms with Crippen LogP contribution in [0.4, 0.5) is 0 Å². The number of fused-ring (bicyclic) bond motifs is 1. The lowest BCUT2D eigenvalue weighted by Crippen LogP contribution is -2.16. The van der Waals surface area contributed by atoms with E-state index in [9.17, 15) is 0 Å². The normalized spacial score (nSPS) is 16.4. The minimum atomic E-state index is 0.191. The summed E-state index contributed by atoms with van der Waals surface area (Å²) in [7, 11) is 1.67. The summed E-state index contributed by atoms with van der Waals surface area (Å²) >= 11 is 1.63. The molecule has 0 bridgehead atoms. The molecule has 8 nitrogen and oxygen atoms in total. The number of hydrogen-bond donors (Lipinski definition) is 0. The second-order valence-corrected chi connectivity index (χ2v) is 8.07. The highest BCUT2D eigenvalue weighted by atomic mass is 32.2. The highest BCUT2D eigenvalue weighted by Crippen LogP contribution is 2.29. The van der Waals surface area contributed by atoms with E-state index in [2.05, 4.69) is 24.7 Å². The monoisotopic (exact) mass is 422 g/mol. The Bertz CT molecular complexity index is 1100. The van der Waals surface area contributed by atoms with E-state index in [1.54, 1.807) is 25.1 Å². The van der Waals surface area contributed by atoms with Gasteiger partial charge < -0.3 is 9.47 Å². The van der Waals surface area contributed by atoms with Gasteiger partial charge in [0.1, 0.15) is 5.75 Å². The first-order chi connectivity index (χ1) is 14.8. The number of thioether (sulfide) groups is 1. The third kappa shape index (κ3) is 3.90. The van der Waals surface area contributed by atoms with E-state index < -0.39 is 0 Å². The van der Waals surface area contributed by atoms with Crippen LogP contribution in [0.1, 0.15) is 18.5 Å². The summed E-state index contributed by atoms with van der Waals surface area (Å²) in [6.45, 7) is 1.56. The molecule has 1 atom stereocenters. The van der Waals surface area contributed by atoms with Crippen molar-refractivity contribution in [3.8, 4) is 17.1 Å². The molecule has 0 N–H and O–H groups in total. The summed E-state index contributed by atoms with van der Waals surface area (Å²) < 4.78 is 15.3. The summed E-state index contributed by atoms with van der Waals surface area (Å²) in [4.78, 5) is 8.86. The zero-order chi connectivity index (χ0) is 20.3. The van der Waals surface area contributed by atoms with E-state index >= 15 is 0 Å². The number of ether oxygens (including phenoxy) is 2. The van der Waals surface area contributed by atoms with Crippen LogP contribution in [0.2, 0.25) is 0 Å². The minimum absolute atomic E-state index is 0.191. The summed E-state index contributed by atoms with van der Waals surface area (Å²) in [5, 5.41) is 9.84. The van der Waals surface area contributed by atoms with Gasteiger partial charge in [-0.05, 0) is 43.2 Å². The van der Waals surface area contributed by atoms with E-state index in [0.717, 1.165) is 54.0 Å². The second-order valence-electron chi connectivity index (χ2n) is 7.13. The van der Waals surface area contributed by atoms with Crippen LogP contribution in [0.3, 0.4) is 0 Å². The molecule has 154 valence electrons. The second kappa shape index (κ2) is 8.45. The molecule has 0 radical (unpaired) electrons. The topological polar surface area (TPSA) is 79.4 Å². The molecule has 1 fully saturated rings. The van der Waals surface area contributed by atoms with E-state index in [1.165, 1.54) is 0 Å². The largest absolute Gasteiger partial charge is 0.497 e. The molecule has 1 unspecified atom stereocenters. The Morgan fingerprint density at radius 2 is 2.13 bits per heavy atom. The fraction of sp³-hybridized carbons (Fsp3) is 0.333. The molecule has 9 heteroatoms. The number of methoxy groups -OCH3 is 1. The first kappa shape index (κ1) is 19.1. The van der Waals surface area contributed by atoms with Crippen LogP contribution in [0.25, 0.3) is 17.2 Å². The van der Waals surface area contributed by atoms with Crippen LogP contribution < -0.4 is 4.74 Å². The van der Waals surface area contributed by atoms with Crippen molar-refractivity contribution < 1.29 is 9.47 Å². The predicted molar refractivity (Wildman–Crippen MR) is 114 cm³/mol. The summed E-state index contributed by atoms with van der Waals surface area (Å²) in [5.41, 5.74) is 1.96. The van der Waals surface area contributed by atoms with Gasteiger partial charge in [-0.15, -0.1) is 10.2 Å². The third-order valence-electron chi connectivity index (χ3n) is 5.11. The first-order valence-electron chi connectivity index (χ1n) is 9.91. The van der Waals surface area contributed by atoms with E-state index in [4.69, 9.17) is 9.47 Å². The maximum absolute atomic E-state index is 5.88. The predicted octanol–water partition coefficient (Wildman–Crippen LogP) is 3.47. The van der Waals surface area contributed by atoms with Gasteiger partial charge in [0, 0.05) is 36.5 Å². The van der Waals surface area contributed by atoms with Crippen molar-refractivity contribution in [3.05, 3.63) is 54.6 Å². The Morgan fingerprint density at radius 3 is 2.90 bits per heavy atom. The number of nitrogens with zero attached hydrogens (tertiary/aromatic N) is 6. The molecular formula is C21H22N6O2S. The molecule has 1 aliphatic heterocycles. The van der Waals surface area contributed by atoms with Gasteiger partial charge in [-0.3, -0.25) is 8.97 Å². The molecule has 1 saturated heterocycles. The van der Waals surface area contributed by atoms with Crippen molar-refractivity contribution in [2.45, 2.75) is 36.4 Å². The van der Waals surface area contributed by atoms with Crippen LogP contribution >= 0.6 is 11.8 Å². The Hall–Kier alpha value is -2.91. The summed E-state index contributed by atoms with van der Waals surface area (Å²) in [5.74, 6) is 3.05. The van der Waals surface area contributed by atoms with Crippen LogP contribution in [-0.2, 0) is 17.0 Å². The number of imidazole rings is 1. The van der Waals surface area contributed by atoms with Crippen molar-refractivity contribution in [2.75, 3.05) is 13.7 Å². The molecule has 1 aromatic carbocycles. The minimum Gasteiger partial charge on any atom is -0.497 e. The van der Waals surface area contributed by atoms with Gasteiger partial charge in [0.05, 0.1) is 25.5 Å². The Labute approximate surface area is 178 Å². The smallest absolute Gasteiger partial charge is 0.233 e. The highest BCUT2D eigenvalue weighted by Gasteiger charge is 2.22. The lowest BCUT2D eigenvalue weighted by atomic mass is 10.2. The molecular weight excluding hydrogens is 400 g/mol. The summed E-state index contributed by atoms with van der Waals surface area (Å²) in [6, 6.07) is 9.80. The standard InChI is InChI=1S/C21H22N6O2S/c1-28-17-7-5-15(6-8-17)19-24-25-21(27(19)13-18-4-2-11-29-18)30-14-16-12-26-10-3-9-22-20(26)23-16/h3,5-10,12,18H,2,4,11,13-14H2,1H3. The molecule has 0 spiro atoms. The third-order valence-corrected chi connectivity index (χ3v) is 6.11. The lowest BCUT2D eigenvalue weighted by molar-refractivity contribution is 0.0953. The molecule has 0 amide bonds. The molecule has 30 heavy (non-hydrogen) atoms. The van der Waals surface area contributed by atoms with Crippen LogP contribution in [-0.4, -0.2) is 49.0 Å². The van der Waals surface area contributed by atoms with Gasteiger partial charge in [0.15, 0.2) is 11.0 Å². The Morgan fingerprint density at radius 1 is 1.23 bits per heavy atom. The number of rotatable bonds is 7. The maximum Gasteiger partial charge on any atom is 0.233 e.